The summed E-state index contributed by atoms with van der Waals surface area (Å²) in [5.41, 5.74) is 3.91. The Morgan fingerprint density at radius 1 is 1.29 bits per heavy atom. The van der Waals surface area contributed by atoms with E-state index in [4.69, 9.17) is 9.26 Å². The zero-order valence-electron chi connectivity index (χ0n) is 19.5. The molecule has 1 aromatic heterocycles. The number of β-amino-alcohol motifs (C(OH)–C–C–N with tert-alkyl or cyclic N) is 1. The molecule has 0 bridgehead atoms. The molecular weight excluding hydrogens is 448 g/mol. The molecule has 35 heavy (non-hydrogen) atoms. The van der Waals surface area contributed by atoms with E-state index in [2.05, 4.69) is 16.2 Å². The Kier molecular flexibility index (Phi) is 6.01. The first-order valence-electron chi connectivity index (χ1n) is 11.6. The van der Waals surface area contributed by atoms with Crippen molar-refractivity contribution < 1.29 is 24.3 Å². The fourth-order valence-electron chi connectivity index (χ4n) is 5.11. The van der Waals surface area contributed by atoms with E-state index < -0.39 is 12.7 Å². The van der Waals surface area contributed by atoms with Crippen molar-refractivity contribution in [1.29, 1.82) is 5.26 Å². The summed E-state index contributed by atoms with van der Waals surface area (Å²) in [5.74, 6) is 1.33. The first-order valence-corrected chi connectivity index (χ1v) is 11.6. The van der Waals surface area contributed by atoms with E-state index in [1.807, 2.05) is 32.0 Å². The van der Waals surface area contributed by atoms with Crippen LogP contribution in [0.3, 0.4) is 0 Å². The fraction of sp³-hybridized carbons (Fsp3) is 0.385. The quantitative estimate of drug-likeness (QED) is 0.534. The van der Waals surface area contributed by atoms with Crippen molar-refractivity contribution >= 4 is 5.91 Å². The third-order valence-electron chi connectivity index (χ3n) is 6.53. The number of amides is 1. The number of aliphatic hydroxyl groups excluding tert-OH is 2. The molecule has 1 fully saturated rings. The van der Waals surface area contributed by atoms with Crippen LogP contribution in [0.2, 0.25) is 0 Å². The number of rotatable bonds is 7. The first kappa shape index (κ1) is 23.0. The van der Waals surface area contributed by atoms with E-state index in [0.717, 1.165) is 16.7 Å². The lowest BCUT2D eigenvalue weighted by atomic mass is 10.0. The number of nitriles is 1. The monoisotopic (exact) mass is 474 g/mol. The number of fused-ring (bicyclic) bond motifs is 3. The molecular formula is C26H26N4O5. The van der Waals surface area contributed by atoms with Gasteiger partial charge in [0.1, 0.15) is 11.8 Å². The molecule has 3 aromatic rings. The number of carbonyl (C=O) groups is 1. The van der Waals surface area contributed by atoms with Crippen LogP contribution < -0.4 is 4.74 Å². The van der Waals surface area contributed by atoms with Crippen LogP contribution in [-0.4, -0.2) is 56.5 Å². The van der Waals surface area contributed by atoms with Crippen LogP contribution >= 0.6 is 0 Å². The second-order valence-electron chi connectivity index (χ2n) is 9.28. The minimum absolute atomic E-state index is 0.0106. The van der Waals surface area contributed by atoms with E-state index in [0.29, 0.717) is 41.4 Å². The Morgan fingerprint density at radius 2 is 2.11 bits per heavy atom. The number of ether oxygens (including phenoxy) is 1. The Bertz CT molecular complexity index is 1310. The molecule has 2 aromatic carbocycles. The van der Waals surface area contributed by atoms with Crippen LogP contribution in [0.25, 0.3) is 22.8 Å². The molecule has 1 aliphatic heterocycles. The summed E-state index contributed by atoms with van der Waals surface area (Å²) in [6.07, 6.45) is 0.0640. The lowest BCUT2D eigenvalue weighted by molar-refractivity contribution is -0.130. The van der Waals surface area contributed by atoms with Crippen LogP contribution in [0.4, 0.5) is 0 Å². The summed E-state index contributed by atoms with van der Waals surface area (Å²) in [4.78, 5) is 18.8. The van der Waals surface area contributed by atoms with Gasteiger partial charge in [-0.05, 0) is 55.5 Å². The van der Waals surface area contributed by atoms with Crippen molar-refractivity contribution in [2.24, 2.45) is 5.92 Å². The highest BCUT2D eigenvalue weighted by atomic mass is 16.5. The number of carbonyl (C=O) groups excluding carboxylic acids is 1. The number of nitrogens with zero attached hydrogens (tertiary/aromatic N) is 4. The number of likely N-dealkylation sites (tertiary alicyclic amines) is 1. The van der Waals surface area contributed by atoms with Gasteiger partial charge in [0.25, 0.3) is 5.89 Å². The molecule has 0 spiro atoms. The topological polar surface area (TPSA) is 133 Å². The predicted octanol–water partition coefficient (Wildman–Crippen LogP) is 2.86. The number of aromatic nitrogens is 2. The first-order chi connectivity index (χ1) is 16.9. The van der Waals surface area contributed by atoms with Crippen molar-refractivity contribution in [2.45, 2.75) is 44.9 Å². The average Bonchev–Trinajstić information content (AvgIpc) is 3.54. The molecule has 9 heteroatoms. The molecule has 1 amide bonds. The van der Waals surface area contributed by atoms with Crippen LogP contribution in [0.5, 0.6) is 5.75 Å². The Labute approximate surface area is 202 Å². The molecule has 0 radical (unpaired) electrons. The lowest BCUT2D eigenvalue weighted by Gasteiger charge is -2.27. The maximum Gasteiger partial charge on any atom is 0.258 e. The van der Waals surface area contributed by atoms with Crippen molar-refractivity contribution in [2.75, 3.05) is 13.2 Å². The highest BCUT2D eigenvalue weighted by Crippen LogP contribution is 2.49. The highest BCUT2D eigenvalue weighted by Gasteiger charge is 2.46. The minimum atomic E-state index is -0.972. The van der Waals surface area contributed by atoms with Gasteiger partial charge in [-0.3, -0.25) is 4.79 Å². The van der Waals surface area contributed by atoms with Gasteiger partial charge in [-0.1, -0.05) is 23.4 Å². The molecule has 1 unspecified atom stereocenters. The summed E-state index contributed by atoms with van der Waals surface area (Å²) in [6.45, 7) is 3.51. The molecule has 1 saturated heterocycles. The van der Waals surface area contributed by atoms with Crippen molar-refractivity contribution in [3.05, 3.63) is 53.1 Å². The van der Waals surface area contributed by atoms with Gasteiger partial charge in [0, 0.05) is 24.1 Å². The molecule has 180 valence electrons. The maximum atomic E-state index is 12.6. The van der Waals surface area contributed by atoms with Gasteiger partial charge in [0.15, 0.2) is 0 Å². The Hall–Kier alpha value is -3.74. The van der Waals surface area contributed by atoms with Gasteiger partial charge in [-0.2, -0.15) is 10.2 Å². The zero-order valence-corrected chi connectivity index (χ0v) is 19.5. The largest absolute Gasteiger partial charge is 0.490 e. The summed E-state index contributed by atoms with van der Waals surface area (Å²) >= 11 is 0. The van der Waals surface area contributed by atoms with Gasteiger partial charge >= 0.3 is 0 Å². The summed E-state index contributed by atoms with van der Waals surface area (Å²) < 4.78 is 11.2. The SMILES string of the molecule is CC(C)Oc1ccc(-c2nc(-c3cccc4c3C[C@H]3CC(=O)N(CC(O)CO)[C@@H]43)no2)cc1C#N. The molecule has 0 saturated carbocycles. The van der Waals surface area contributed by atoms with Crippen molar-refractivity contribution in [3.8, 4) is 34.7 Å². The molecule has 2 heterocycles. The van der Waals surface area contributed by atoms with Crippen LogP contribution in [0, 0.1) is 17.2 Å². The average molecular weight is 475 g/mol. The number of hydrogen-bond donors (Lipinski definition) is 2. The zero-order chi connectivity index (χ0) is 24.7. The number of aliphatic hydroxyl groups is 2. The predicted molar refractivity (Wildman–Crippen MR) is 125 cm³/mol. The normalized spacial score (nSPS) is 19.5. The van der Waals surface area contributed by atoms with E-state index in [-0.39, 0.29) is 30.5 Å². The fourth-order valence-corrected chi connectivity index (χ4v) is 5.11. The molecule has 2 N–H and O–H groups in total. The Balaban J connectivity index is 1.46. The minimum Gasteiger partial charge on any atom is -0.490 e. The summed E-state index contributed by atoms with van der Waals surface area (Å²) in [7, 11) is 0. The van der Waals surface area contributed by atoms with Crippen LogP contribution in [0.1, 0.15) is 43.0 Å². The molecule has 2 aliphatic rings. The second-order valence-corrected chi connectivity index (χ2v) is 9.28. The standard InChI is InChI=1S/C26H26N4O5/c1-14(2)34-22-7-6-15(8-17(22)11-27)26-28-25(29-35-26)20-5-3-4-19-21(20)9-16-10-23(33)30(24(16)19)12-18(32)13-31/h3-8,14,16,18,24,31-32H,9-10,12-13H2,1-2H3/t16-,18?,24+/m0/s1. The summed E-state index contributed by atoms with van der Waals surface area (Å²) in [5, 5.41) is 32.9. The van der Waals surface area contributed by atoms with E-state index in [1.165, 1.54) is 0 Å². The third-order valence-corrected chi connectivity index (χ3v) is 6.53. The lowest BCUT2D eigenvalue weighted by Crippen LogP contribution is -2.36. The second kappa shape index (κ2) is 9.13. The summed E-state index contributed by atoms with van der Waals surface area (Å²) in [6, 6.07) is 13.0. The van der Waals surface area contributed by atoms with Crippen LogP contribution in [0.15, 0.2) is 40.9 Å². The van der Waals surface area contributed by atoms with Gasteiger partial charge < -0.3 is 24.4 Å². The smallest absolute Gasteiger partial charge is 0.258 e. The van der Waals surface area contributed by atoms with E-state index in [1.54, 1.807) is 23.1 Å². The number of benzene rings is 2. The van der Waals surface area contributed by atoms with Gasteiger partial charge in [-0.15, -0.1) is 0 Å². The van der Waals surface area contributed by atoms with Crippen molar-refractivity contribution in [1.82, 2.24) is 15.0 Å². The highest BCUT2D eigenvalue weighted by molar-refractivity contribution is 5.81. The molecule has 9 nitrogen and oxygen atoms in total. The molecule has 3 atom stereocenters. The van der Waals surface area contributed by atoms with E-state index >= 15 is 0 Å². The maximum absolute atomic E-state index is 12.6. The third kappa shape index (κ3) is 4.16. The van der Waals surface area contributed by atoms with E-state index in [9.17, 15) is 20.3 Å². The van der Waals surface area contributed by atoms with Crippen molar-refractivity contribution in [3.63, 3.8) is 0 Å². The van der Waals surface area contributed by atoms with Gasteiger partial charge in [0.2, 0.25) is 11.7 Å². The van der Waals surface area contributed by atoms with Crippen LogP contribution in [-0.2, 0) is 11.2 Å². The Morgan fingerprint density at radius 3 is 2.86 bits per heavy atom. The van der Waals surface area contributed by atoms with Gasteiger partial charge in [-0.25, -0.2) is 0 Å². The molecule has 5 rings (SSSR count). The van der Waals surface area contributed by atoms with Gasteiger partial charge in [0.05, 0.1) is 30.4 Å². The molecule has 1 aliphatic carbocycles. The number of hydrogen-bond acceptors (Lipinski definition) is 8.